The predicted octanol–water partition coefficient (Wildman–Crippen LogP) is 2.03. The fourth-order valence-corrected chi connectivity index (χ4v) is 2.08. The van der Waals surface area contributed by atoms with Gasteiger partial charge in [0.15, 0.2) is 0 Å². The third kappa shape index (κ3) is 4.56. The maximum atomic E-state index is 3.64. The Morgan fingerprint density at radius 2 is 1.94 bits per heavy atom. The summed E-state index contributed by atoms with van der Waals surface area (Å²) in [6, 6.07) is 11.3. The van der Waals surface area contributed by atoms with Crippen LogP contribution < -0.4 is 10.6 Å². The lowest BCUT2D eigenvalue weighted by Crippen LogP contribution is -2.29. The van der Waals surface area contributed by atoms with Crippen molar-refractivity contribution in [3.8, 4) is 0 Å². The number of benzene rings is 1. The zero-order chi connectivity index (χ0) is 10.3. The zero-order valence-corrected chi connectivity index (χ0v) is 10.7. The lowest BCUT2D eigenvalue weighted by molar-refractivity contribution is 0.468. The van der Waals surface area contributed by atoms with E-state index in [0.29, 0.717) is 6.04 Å². The van der Waals surface area contributed by atoms with Gasteiger partial charge in [0.05, 0.1) is 0 Å². The molecule has 1 aromatic carbocycles. The molecule has 1 heterocycles. The van der Waals surface area contributed by atoms with Crippen LogP contribution in [0, 0.1) is 0 Å². The summed E-state index contributed by atoms with van der Waals surface area (Å²) < 4.78 is 0. The summed E-state index contributed by atoms with van der Waals surface area (Å²) in [5.74, 6) is 0. The van der Waals surface area contributed by atoms with Crippen molar-refractivity contribution in [2.24, 2.45) is 0 Å². The summed E-state index contributed by atoms with van der Waals surface area (Å²) >= 11 is 0. The Hall–Kier alpha value is -0.510. The second kappa shape index (κ2) is 7.71. The molecule has 2 rings (SSSR count). The summed E-state index contributed by atoms with van der Waals surface area (Å²) in [5, 5.41) is 7.07. The normalized spacial score (nSPS) is 20.9. The van der Waals surface area contributed by atoms with E-state index >= 15 is 0 Å². The van der Waals surface area contributed by atoms with Crippen molar-refractivity contribution in [1.29, 1.82) is 0 Å². The van der Waals surface area contributed by atoms with E-state index in [-0.39, 0.29) is 13.5 Å². The summed E-state index contributed by atoms with van der Waals surface area (Å²) in [4.78, 5) is 0. The first-order valence-electron chi connectivity index (χ1n) is 5.93. The molecule has 2 nitrogen and oxygen atoms in total. The van der Waals surface area contributed by atoms with Crippen LogP contribution in [0.4, 0.5) is 0 Å². The Labute approximate surface area is 105 Å². The Bertz CT molecular complexity index is 269. The molecule has 1 atom stereocenters. The largest absolute Gasteiger partial charge is 0.317 e. The number of hydrogen-bond donors (Lipinski definition) is 2. The van der Waals surface area contributed by atoms with Crippen molar-refractivity contribution in [2.45, 2.75) is 31.8 Å². The van der Waals surface area contributed by atoms with Crippen LogP contribution in [0.2, 0.25) is 0 Å². The summed E-state index contributed by atoms with van der Waals surface area (Å²) in [7, 11) is 0. The van der Waals surface area contributed by atoms with E-state index in [1.165, 1.54) is 31.4 Å². The number of rotatable bonds is 3. The first kappa shape index (κ1) is 13.6. The smallest absolute Gasteiger partial charge is 0.0208 e. The minimum atomic E-state index is 0. The van der Waals surface area contributed by atoms with Gasteiger partial charge < -0.3 is 10.6 Å². The molecule has 0 saturated carbocycles. The van der Waals surface area contributed by atoms with Crippen molar-refractivity contribution < 1.29 is 0 Å². The van der Waals surface area contributed by atoms with Gasteiger partial charge in [0.25, 0.3) is 0 Å². The molecular weight excluding hydrogens is 216 g/mol. The van der Waals surface area contributed by atoms with Gasteiger partial charge in [0, 0.05) is 12.6 Å². The van der Waals surface area contributed by atoms with Crippen LogP contribution in [0.1, 0.15) is 24.8 Å². The molecule has 2 N–H and O–H groups in total. The topological polar surface area (TPSA) is 24.1 Å². The minimum absolute atomic E-state index is 0. The molecule has 0 unspecified atom stereocenters. The molecule has 1 fully saturated rings. The van der Waals surface area contributed by atoms with Crippen LogP contribution in [0.25, 0.3) is 0 Å². The standard InChI is InChI=1S/C13H20N2.H2S/c1-2-5-12(6-3-1)11-15-13-7-4-9-14-10-8-13;/h1-3,5-6,13-15H,4,7-11H2;1H2/t13-;/m0./s1. The third-order valence-corrected chi connectivity index (χ3v) is 3.01. The average Bonchev–Trinajstić information content (AvgIpc) is 2.56. The molecule has 1 aromatic rings. The quantitative estimate of drug-likeness (QED) is 0.842. The van der Waals surface area contributed by atoms with Gasteiger partial charge in [-0.15, -0.1) is 0 Å². The highest BCUT2D eigenvalue weighted by Crippen LogP contribution is 2.06. The van der Waals surface area contributed by atoms with E-state index in [2.05, 4.69) is 41.0 Å². The first-order chi connectivity index (χ1) is 7.45. The van der Waals surface area contributed by atoms with Crippen molar-refractivity contribution in [1.82, 2.24) is 10.6 Å². The van der Waals surface area contributed by atoms with Crippen LogP contribution in [-0.4, -0.2) is 19.1 Å². The van der Waals surface area contributed by atoms with Gasteiger partial charge in [0.1, 0.15) is 0 Å². The van der Waals surface area contributed by atoms with Crippen LogP contribution in [0.5, 0.6) is 0 Å². The van der Waals surface area contributed by atoms with Gasteiger partial charge in [0.2, 0.25) is 0 Å². The third-order valence-electron chi connectivity index (χ3n) is 3.01. The molecule has 0 amide bonds. The van der Waals surface area contributed by atoms with E-state index in [1.54, 1.807) is 0 Å². The SMILES string of the molecule is S.c1ccc(CN[C@H]2CCCNCC2)cc1. The van der Waals surface area contributed by atoms with Crippen LogP contribution >= 0.6 is 13.5 Å². The summed E-state index contributed by atoms with van der Waals surface area (Å²) in [6.45, 7) is 3.35. The van der Waals surface area contributed by atoms with Crippen molar-refractivity contribution >= 4 is 13.5 Å². The highest BCUT2D eigenvalue weighted by atomic mass is 32.1. The maximum absolute atomic E-state index is 3.64. The molecule has 0 spiro atoms. The molecule has 16 heavy (non-hydrogen) atoms. The molecule has 1 aliphatic rings. The second-order valence-corrected chi connectivity index (χ2v) is 4.24. The molecule has 3 heteroatoms. The predicted molar refractivity (Wildman–Crippen MR) is 74.2 cm³/mol. The van der Waals surface area contributed by atoms with E-state index in [4.69, 9.17) is 0 Å². The van der Waals surface area contributed by atoms with Gasteiger partial charge in [-0.3, -0.25) is 0 Å². The van der Waals surface area contributed by atoms with Gasteiger partial charge in [-0.05, 0) is 37.9 Å². The van der Waals surface area contributed by atoms with E-state index in [9.17, 15) is 0 Å². The molecular formula is C13H22N2S. The molecule has 0 bridgehead atoms. The zero-order valence-electron chi connectivity index (χ0n) is 9.71. The molecule has 1 saturated heterocycles. The van der Waals surface area contributed by atoms with E-state index < -0.39 is 0 Å². The molecule has 0 aliphatic carbocycles. The highest BCUT2D eigenvalue weighted by molar-refractivity contribution is 7.59. The lowest BCUT2D eigenvalue weighted by Gasteiger charge is -2.15. The van der Waals surface area contributed by atoms with Crippen molar-refractivity contribution in [3.63, 3.8) is 0 Å². The summed E-state index contributed by atoms with van der Waals surface area (Å²) in [6.07, 6.45) is 3.86. The molecule has 0 radical (unpaired) electrons. The maximum Gasteiger partial charge on any atom is 0.0208 e. The van der Waals surface area contributed by atoms with E-state index in [0.717, 1.165) is 13.1 Å². The minimum Gasteiger partial charge on any atom is -0.317 e. The van der Waals surface area contributed by atoms with Crippen LogP contribution in [-0.2, 0) is 6.54 Å². The van der Waals surface area contributed by atoms with Crippen LogP contribution in [0.3, 0.4) is 0 Å². The molecule has 90 valence electrons. The Morgan fingerprint density at radius 3 is 2.75 bits per heavy atom. The highest BCUT2D eigenvalue weighted by Gasteiger charge is 2.10. The van der Waals surface area contributed by atoms with Crippen LogP contribution in [0.15, 0.2) is 30.3 Å². The second-order valence-electron chi connectivity index (χ2n) is 4.24. The fourth-order valence-electron chi connectivity index (χ4n) is 2.08. The average molecular weight is 238 g/mol. The lowest BCUT2D eigenvalue weighted by atomic mass is 10.1. The Kier molecular flexibility index (Phi) is 6.53. The van der Waals surface area contributed by atoms with Gasteiger partial charge >= 0.3 is 0 Å². The van der Waals surface area contributed by atoms with Gasteiger partial charge in [-0.25, -0.2) is 0 Å². The monoisotopic (exact) mass is 238 g/mol. The number of nitrogens with one attached hydrogen (secondary N) is 2. The van der Waals surface area contributed by atoms with Gasteiger partial charge in [-0.2, -0.15) is 13.5 Å². The Morgan fingerprint density at radius 1 is 1.12 bits per heavy atom. The van der Waals surface area contributed by atoms with E-state index in [1.807, 2.05) is 0 Å². The first-order valence-corrected chi connectivity index (χ1v) is 5.93. The molecule has 0 aromatic heterocycles. The van der Waals surface area contributed by atoms with Crippen molar-refractivity contribution in [2.75, 3.05) is 13.1 Å². The van der Waals surface area contributed by atoms with Crippen molar-refractivity contribution in [3.05, 3.63) is 35.9 Å². The molecule has 1 aliphatic heterocycles. The summed E-state index contributed by atoms with van der Waals surface area (Å²) in [5.41, 5.74) is 1.38. The Balaban J connectivity index is 0.00000128. The van der Waals surface area contributed by atoms with Gasteiger partial charge in [-0.1, -0.05) is 30.3 Å². The fraction of sp³-hybridized carbons (Fsp3) is 0.538. The number of hydrogen-bond acceptors (Lipinski definition) is 2.